The van der Waals surface area contributed by atoms with Crippen molar-refractivity contribution in [3.05, 3.63) is 12.2 Å². The highest BCUT2D eigenvalue weighted by Crippen LogP contribution is 2.23. The van der Waals surface area contributed by atoms with E-state index in [-0.39, 0.29) is 12.8 Å². The maximum atomic E-state index is 13.1. The van der Waals surface area contributed by atoms with Crippen LogP contribution in [0.2, 0.25) is 0 Å². The lowest BCUT2D eigenvalue weighted by atomic mass is 9.98. The number of aliphatic hydroxyl groups excluding tert-OH is 7. The second-order valence-electron chi connectivity index (χ2n) is 17.2. The lowest BCUT2D eigenvalue weighted by Crippen LogP contribution is -2.60. The standard InChI is InChI=1S/C47H91NO10/c1-3-5-7-9-11-13-15-17-18-19-20-21-22-23-25-27-29-31-33-35-40(51)46(56)48-38(37-57-47-45(55)44(54)43(53)41(36-49)58-47)42(52)39(50)34-32-30-28-26-24-16-14-12-10-8-6-4-2/h26,28,38-45,47,49-55H,3-25,27,29-37H2,1-2H3,(H,48,56)/b28-26+/t38-,39+,40+,41+,42-,43+,44-,45+,47+/m0/s1. The summed E-state index contributed by atoms with van der Waals surface area (Å²) in [4.78, 5) is 13.1. The summed E-state index contributed by atoms with van der Waals surface area (Å²) in [5.74, 6) is -0.704. The molecule has 1 amide bonds. The molecule has 1 aliphatic rings. The number of amides is 1. The Kier molecular flexibility index (Phi) is 35.6. The summed E-state index contributed by atoms with van der Waals surface area (Å²) < 4.78 is 11.1. The summed E-state index contributed by atoms with van der Waals surface area (Å²) in [7, 11) is 0. The molecule has 0 aliphatic carbocycles. The summed E-state index contributed by atoms with van der Waals surface area (Å²) in [6.45, 7) is 3.42. The number of carbonyl (C=O) groups excluding carboxylic acids is 1. The lowest BCUT2D eigenvalue weighted by molar-refractivity contribution is -0.303. The Morgan fingerprint density at radius 2 is 1.02 bits per heavy atom. The zero-order valence-corrected chi connectivity index (χ0v) is 37.0. The smallest absolute Gasteiger partial charge is 0.249 e. The molecule has 11 nitrogen and oxygen atoms in total. The Bertz CT molecular complexity index is 954. The molecule has 0 radical (unpaired) electrons. The number of rotatable bonds is 40. The van der Waals surface area contributed by atoms with E-state index in [1.54, 1.807) is 0 Å². The summed E-state index contributed by atoms with van der Waals surface area (Å²) >= 11 is 0. The van der Waals surface area contributed by atoms with Gasteiger partial charge in [0.05, 0.1) is 25.4 Å². The van der Waals surface area contributed by atoms with Gasteiger partial charge in [0.2, 0.25) is 5.91 Å². The molecule has 0 aromatic carbocycles. The zero-order chi connectivity index (χ0) is 42.6. The second-order valence-corrected chi connectivity index (χ2v) is 17.2. The van der Waals surface area contributed by atoms with Crippen molar-refractivity contribution in [2.24, 2.45) is 0 Å². The Hall–Kier alpha value is -1.15. The van der Waals surface area contributed by atoms with Gasteiger partial charge < -0.3 is 50.5 Å². The Labute approximate surface area is 353 Å². The van der Waals surface area contributed by atoms with Crippen LogP contribution in [-0.4, -0.2) is 110 Å². The monoisotopic (exact) mass is 830 g/mol. The first kappa shape index (κ1) is 54.9. The molecule has 344 valence electrons. The third-order valence-corrected chi connectivity index (χ3v) is 11.8. The molecule has 0 bridgehead atoms. The molecule has 58 heavy (non-hydrogen) atoms. The molecular formula is C47H91NO10. The van der Waals surface area contributed by atoms with E-state index in [4.69, 9.17) is 9.47 Å². The van der Waals surface area contributed by atoms with Crippen LogP contribution in [0.3, 0.4) is 0 Å². The minimum absolute atomic E-state index is 0.259. The van der Waals surface area contributed by atoms with E-state index in [1.807, 2.05) is 0 Å². The first-order valence-electron chi connectivity index (χ1n) is 24.1. The van der Waals surface area contributed by atoms with Crippen LogP contribution in [0.15, 0.2) is 12.2 Å². The Morgan fingerprint density at radius 3 is 1.48 bits per heavy atom. The van der Waals surface area contributed by atoms with Crippen molar-refractivity contribution >= 4 is 5.91 Å². The van der Waals surface area contributed by atoms with Gasteiger partial charge in [-0.1, -0.05) is 187 Å². The molecule has 0 saturated carbocycles. The van der Waals surface area contributed by atoms with Gasteiger partial charge in [-0.15, -0.1) is 0 Å². The molecule has 1 aliphatic heterocycles. The molecular weight excluding hydrogens is 739 g/mol. The van der Waals surface area contributed by atoms with Crippen LogP contribution in [0.5, 0.6) is 0 Å². The molecule has 0 aromatic heterocycles. The van der Waals surface area contributed by atoms with Crippen molar-refractivity contribution < 1.29 is 50.0 Å². The van der Waals surface area contributed by atoms with Gasteiger partial charge in [-0.2, -0.15) is 0 Å². The third kappa shape index (κ3) is 26.9. The Balaban J connectivity index is 2.41. The maximum Gasteiger partial charge on any atom is 0.249 e. The highest BCUT2D eigenvalue weighted by atomic mass is 16.7. The predicted molar refractivity (Wildman–Crippen MR) is 233 cm³/mol. The largest absolute Gasteiger partial charge is 0.394 e. The van der Waals surface area contributed by atoms with E-state index >= 15 is 0 Å². The summed E-state index contributed by atoms with van der Waals surface area (Å²) in [6.07, 6.45) is 28.4. The minimum atomic E-state index is -1.66. The van der Waals surface area contributed by atoms with Crippen LogP contribution in [0, 0.1) is 0 Å². The van der Waals surface area contributed by atoms with E-state index < -0.39 is 74.2 Å². The van der Waals surface area contributed by atoms with E-state index in [0.29, 0.717) is 12.8 Å². The van der Waals surface area contributed by atoms with Gasteiger partial charge in [0.1, 0.15) is 36.6 Å². The normalized spacial score (nSPS) is 22.0. The van der Waals surface area contributed by atoms with Crippen LogP contribution in [0.25, 0.3) is 0 Å². The number of hydrogen-bond donors (Lipinski definition) is 8. The number of allylic oxidation sites excluding steroid dienone is 2. The maximum absolute atomic E-state index is 13.1. The fourth-order valence-corrected chi connectivity index (χ4v) is 7.79. The zero-order valence-electron chi connectivity index (χ0n) is 37.0. The number of nitrogens with one attached hydrogen (secondary N) is 1. The first-order chi connectivity index (χ1) is 28.2. The number of unbranched alkanes of at least 4 members (excludes halogenated alkanes) is 26. The minimum Gasteiger partial charge on any atom is -0.394 e. The molecule has 9 atom stereocenters. The third-order valence-electron chi connectivity index (χ3n) is 11.8. The van der Waals surface area contributed by atoms with Crippen molar-refractivity contribution in [1.29, 1.82) is 0 Å². The summed E-state index contributed by atoms with van der Waals surface area (Å²) in [5.41, 5.74) is 0. The molecule has 0 unspecified atom stereocenters. The van der Waals surface area contributed by atoms with Crippen molar-refractivity contribution in [1.82, 2.24) is 5.32 Å². The van der Waals surface area contributed by atoms with Gasteiger partial charge in [-0.25, -0.2) is 0 Å². The SMILES string of the molecule is CCCCCCCCC/C=C/CCC[C@@H](O)[C@@H](O)[C@H](CO[C@@H]1O[C@H](CO)[C@@H](O)[C@H](O)[C@H]1O)NC(=O)[C@H](O)CCCCCCCCCCCCCCCCCCCCC. The van der Waals surface area contributed by atoms with Gasteiger partial charge in [0.15, 0.2) is 6.29 Å². The summed E-state index contributed by atoms with van der Waals surface area (Å²) in [5, 5.41) is 75.6. The number of hydrogen-bond acceptors (Lipinski definition) is 10. The van der Waals surface area contributed by atoms with Crippen molar-refractivity contribution in [3.8, 4) is 0 Å². The van der Waals surface area contributed by atoms with Crippen molar-refractivity contribution in [2.75, 3.05) is 13.2 Å². The lowest BCUT2D eigenvalue weighted by Gasteiger charge is -2.40. The highest BCUT2D eigenvalue weighted by molar-refractivity contribution is 5.80. The van der Waals surface area contributed by atoms with Gasteiger partial charge in [-0.05, 0) is 38.5 Å². The second kappa shape index (κ2) is 37.6. The van der Waals surface area contributed by atoms with Crippen LogP contribution in [0.4, 0.5) is 0 Å². The van der Waals surface area contributed by atoms with Crippen LogP contribution in [-0.2, 0) is 14.3 Å². The fourth-order valence-electron chi connectivity index (χ4n) is 7.79. The molecule has 11 heteroatoms. The predicted octanol–water partition coefficient (Wildman–Crippen LogP) is 8.06. The van der Waals surface area contributed by atoms with E-state index in [9.17, 15) is 40.5 Å². The number of ether oxygens (including phenoxy) is 2. The average molecular weight is 830 g/mol. The molecule has 8 N–H and O–H groups in total. The quantitative estimate of drug-likeness (QED) is 0.0222. The molecule has 1 saturated heterocycles. The van der Waals surface area contributed by atoms with E-state index in [2.05, 4.69) is 31.3 Å². The van der Waals surface area contributed by atoms with Crippen molar-refractivity contribution in [3.63, 3.8) is 0 Å². The first-order valence-corrected chi connectivity index (χ1v) is 24.1. The van der Waals surface area contributed by atoms with Gasteiger partial charge >= 0.3 is 0 Å². The molecule has 0 spiro atoms. The van der Waals surface area contributed by atoms with Gasteiger partial charge in [0.25, 0.3) is 0 Å². The molecule has 1 rings (SSSR count). The highest BCUT2D eigenvalue weighted by Gasteiger charge is 2.44. The van der Waals surface area contributed by atoms with Gasteiger partial charge in [0, 0.05) is 0 Å². The number of carbonyl (C=O) groups is 1. The Morgan fingerprint density at radius 1 is 0.586 bits per heavy atom. The van der Waals surface area contributed by atoms with E-state index in [0.717, 1.165) is 38.5 Å². The molecule has 0 aromatic rings. The number of aliphatic hydroxyl groups is 7. The average Bonchev–Trinajstić information content (AvgIpc) is 3.22. The summed E-state index contributed by atoms with van der Waals surface area (Å²) in [6, 6.07) is -1.18. The topological polar surface area (TPSA) is 189 Å². The molecule has 1 fully saturated rings. The van der Waals surface area contributed by atoms with E-state index in [1.165, 1.54) is 135 Å². The van der Waals surface area contributed by atoms with Crippen LogP contribution >= 0.6 is 0 Å². The van der Waals surface area contributed by atoms with Gasteiger partial charge in [-0.3, -0.25) is 4.79 Å². The van der Waals surface area contributed by atoms with Crippen LogP contribution in [0.1, 0.15) is 213 Å². The van der Waals surface area contributed by atoms with Crippen LogP contribution < -0.4 is 5.32 Å². The fraction of sp³-hybridized carbons (Fsp3) is 0.936. The molecule has 1 heterocycles. The van der Waals surface area contributed by atoms with Crippen molar-refractivity contribution in [2.45, 2.75) is 268 Å².